The highest BCUT2D eigenvalue weighted by Gasteiger charge is 2.56. The first-order chi connectivity index (χ1) is 17.7. The number of hydrogen-bond acceptors (Lipinski definition) is 2. The van der Waals surface area contributed by atoms with Gasteiger partial charge in [-0.15, -0.1) is 0 Å². The number of fused-ring (bicyclic) bond motifs is 4. The van der Waals surface area contributed by atoms with Gasteiger partial charge in [0.1, 0.15) is 11.5 Å². The molecule has 4 aromatic rings. The fourth-order valence-corrected chi connectivity index (χ4v) is 7.38. The highest BCUT2D eigenvalue weighted by Crippen LogP contribution is 2.64. The maximum absolute atomic E-state index is 6.03. The molecule has 188 valence electrons. The Morgan fingerprint density at radius 1 is 0.514 bits per heavy atom. The summed E-state index contributed by atoms with van der Waals surface area (Å²) in [6.07, 6.45) is 2.14. The molecular weight excluding hydrogens is 452 g/mol. The lowest BCUT2D eigenvalue weighted by Gasteiger charge is -2.31. The maximum atomic E-state index is 6.03. The van der Waals surface area contributed by atoms with E-state index >= 15 is 0 Å². The summed E-state index contributed by atoms with van der Waals surface area (Å²) in [6, 6.07) is 30.7. The summed E-state index contributed by atoms with van der Waals surface area (Å²) in [5.41, 5.74) is 10.4. The molecule has 0 amide bonds. The van der Waals surface area contributed by atoms with Crippen LogP contribution in [0.25, 0.3) is 22.3 Å². The highest BCUT2D eigenvalue weighted by atomic mass is 16.5. The zero-order valence-corrected chi connectivity index (χ0v) is 22.8. The molecule has 0 aromatic heterocycles. The van der Waals surface area contributed by atoms with Crippen molar-refractivity contribution in [3.05, 3.63) is 107 Å². The van der Waals surface area contributed by atoms with Crippen LogP contribution in [0.1, 0.15) is 62.8 Å². The second kappa shape index (κ2) is 8.25. The number of methoxy groups -OCH3 is 2. The van der Waals surface area contributed by atoms with Gasteiger partial charge in [-0.1, -0.05) is 88.4 Å². The Balaban J connectivity index is 1.61. The Labute approximate surface area is 221 Å². The quantitative estimate of drug-likeness (QED) is 0.286. The van der Waals surface area contributed by atoms with Crippen molar-refractivity contribution in [2.24, 2.45) is 0 Å². The van der Waals surface area contributed by atoms with Crippen LogP contribution in [0, 0.1) is 0 Å². The molecule has 37 heavy (non-hydrogen) atoms. The largest absolute Gasteiger partial charge is 0.496 e. The van der Waals surface area contributed by atoms with Gasteiger partial charge < -0.3 is 9.47 Å². The normalized spacial score (nSPS) is 17.9. The predicted octanol–water partition coefficient (Wildman–Crippen LogP) is 8.69. The van der Waals surface area contributed by atoms with E-state index in [9.17, 15) is 0 Å². The van der Waals surface area contributed by atoms with Crippen LogP contribution < -0.4 is 9.47 Å². The summed E-state index contributed by atoms with van der Waals surface area (Å²) in [6.45, 7) is 9.62. The summed E-state index contributed by atoms with van der Waals surface area (Å²) >= 11 is 0. The molecule has 0 aliphatic heterocycles. The summed E-state index contributed by atoms with van der Waals surface area (Å²) in [5.74, 6) is 1.89. The van der Waals surface area contributed by atoms with Gasteiger partial charge in [-0.2, -0.15) is 0 Å². The van der Waals surface area contributed by atoms with Crippen LogP contribution in [0.15, 0.2) is 84.9 Å². The molecule has 0 saturated carbocycles. The molecule has 0 unspecified atom stereocenters. The maximum Gasteiger partial charge on any atom is 0.127 e. The first kappa shape index (κ1) is 23.9. The van der Waals surface area contributed by atoms with Gasteiger partial charge in [0.05, 0.1) is 14.2 Å². The van der Waals surface area contributed by atoms with E-state index in [0.717, 1.165) is 24.3 Å². The van der Waals surface area contributed by atoms with E-state index in [0.29, 0.717) is 0 Å². The van der Waals surface area contributed by atoms with Gasteiger partial charge in [-0.25, -0.2) is 0 Å². The molecule has 2 aliphatic rings. The smallest absolute Gasteiger partial charge is 0.127 e. The minimum absolute atomic E-state index is 0.0359. The van der Waals surface area contributed by atoms with Gasteiger partial charge in [0.2, 0.25) is 0 Å². The number of benzene rings is 4. The second-order valence-corrected chi connectivity index (χ2v) is 12.1. The first-order valence-corrected chi connectivity index (χ1v) is 13.3. The van der Waals surface area contributed by atoms with E-state index < -0.39 is 0 Å². The van der Waals surface area contributed by atoms with Crippen molar-refractivity contribution < 1.29 is 9.47 Å². The lowest BCUT2D eigenvalue weighted by Crippen LogP contribution is -2.27. The molecule has 0 radical (unpaired) electrons. The van der Waals surface area contributed by atoms with E-state index in [-0.39, 0.29) is 16.2 Å². The second-order valence-electron chi connectivity index (χ2n) is 12.1. The van der Waals surface area contributed by atoms with Crippen LogP contribution in [0.5, 0.6) is 11.5 Å². The average molecular weight is 489 g/mol. The van der Waals surface area contributed by atoms with Crippen LogP contribution in [-0.2, 0) is 16.2 Å². The molecule has 0 fully saturated rings. The SMILES string of the molecule is COc1cc2c(cc1-c1ccccc1)C(C)(C)CC21CC(C)(C)c2cc(-c3ccccc3)c(OC)cc21. The zero-order chi connectivity index (χ0) is 26.0. The van der Waals surface area contributed by atoms with Crippen LogP contribution in [0.2, 0.25) is 0 Å². The summed E-state index contributed by atoms with van der Waals surface area (Å²) in [4.78, 5) is 0. The molecule has 0 saturated heterocycles. The molecule has 2 aliphatic carbocycles. The molecule has 2 nitrogen and oxygen atoms in total. The predicted molar refractivity (Wildman–Crippen MR) is 153 cm³/mol. The van der Waals surface area contributed by atoms with Crippen molar-refractivity contribution in [3.8, 4) is 33.8 Å². The van der Waals surface area contributed by atoms with Gasteiger partial charge >= 0.3 is 0 Å². The molecule has 6 rings (SSSR count). The molecular formula is C35H36O2. The molecule has 2 heteroatoms. The van der Waals surface area contributed by atoms with Crippen LogP contribution in [0.4, 0.5) is 0 Å². The van der Waals surface area contributed by atoms with Crippen molar-refractivity contribution in [1.82, 2.24) is 0 Å². The molecule has 0 atom stereocenters. The Hall–Kier alpha value is -3.52. The van der Waals surface area contributed by atoms with Gasteiger partial charge in [-0.05, 0) is 81.3 Å². The van der Waals surface area contributed by atoms with Crippen molar-refractivity contribution >= 4 is 0 Å². The summed E-state index contributed by atoms with van der Waals surface area (Å²) in [5, 5.41) is 0. The Bertz CT molecular complexity index is 1360. The van der Waals surface area contributed by atoms with E-state index in [1.54, 1.807) is 14.2 Å². The zero-order valence-electron chi connectivity index (χ0n) is 22.8. The molecule has 4 aromatic carbocycles. The van der Waals surface area contributed by atoms with E-state index in [1.807, 2.05) is 0 Å². The third-order valence-corrected chi connectivity index (χ3v) is 8.83. The molecule has 0 bridgehead atoms. The van der Waals surface area contributed by atoms with Gasteiger partial charge in [0.25, 0.3) is 0 Å². The average Bonchev–Trinajstić information content (AvgIpc) is 3.27. The van der Waals surface area contributed by atoms with E-state index in [1.165, 1.54) is 44.5 Å². The summed E-state index contributed by atoms with van der Waals surface area (Å²) in [7, 11) is 3.59. The lowest BCUT2D eigenvalue weighted by molar-refractivity contribution is 0.348. The van der Waals surface area contributed by atoms with E-state index in [2.05, 4.69) is 113 Å². The van der Waals surface area contributed by atoms with Crippen molar-refractivity contribution in [1.29, 1.82) is 0 Å². The third-order valence-electron chi connectivity index (χ3n) is 8.83. The number of ether oxygens (including phenoxy) is 2. The Kier molecular flexibility index (Phi) is 5.32. The molecule has 0 heterocycles. The highest BCUT2D eigenvalue weighted by molar-refractivity contribution is 5.78. The standard InChI is InChI=1S/C35H36O2/c1-33(2)21-35(29-19-31(36-5)25(17-27(29)33)23-13-9-7-10-14-23)22-34(3,4)28-18-26(24-15-11-8-12-16-24)32(37-6)20-30(28)35/h7-20H,21-22H2,1-6H3. The minimum Gasteiger partial charge on any atom is -0.496 e. The summed E-state index contributed by atoms with van der Waals surface area (Å²) < 4.78 is 12.1. The van der Waals surface area contributed by atoms with Gasteiger partial charge in [0.15, 0.2) is 0 Å². The minimum atomic E-state index is -0.0807. The van der Waals surface area contributed by atoms with E-state index in [4.69, 9.17) is 9.47 Å². The van der Waals surface area contributed by atoms with Gasteiger partial charge in [0, 0.05) is 16.5 Å². The molecule has 0 N–H and O–H groups in total. The monoisotopic (exact) mass is 488 g/mol. The first-order valence-electron chi connectivity index (χ1n) is 13.3. The van der Waals surface area contributed by atoms with Crippen LogP contribution in [0.3, 0.4) is 0 Å². The van der Waals surface area contributed by atoms with Crippen molar-refractivity contribution in [3.63, 3.8) is 0 Å². The Morgan fingerprint density at radius 3 is 1.24 bits per heavy atom. The van der Waals surface area contributed by atoms with Crippen LogP contribution in [-0.4, -0.2) is 14.2 Å². The van der Waals surface area contributed by atoms with Crippen LogP contribution >= 0.6 is 0 Å². The van der Waals surface area contributed by atoms with Gasteiger partial charge in [-0.3, -0.25) is 0 Å². The molecule has 1 spiro atoms. The number of hydrogen-bond donors (Lipinski definition) is 0. The van der Waals surface area contributed by atoms with Crippen molar-refractivity contribution in [2.75, 3.05) is 14.2 Å². The third kappa shape index (κ3) is 3.53. The fraction of sp³-hybridized carbons (Fsp3) is 0.314. The lowest BCUT2D eigenvalue weighted by atomic mass is 9.72. The topological polar surface area (TPSA) is 18.5 Å². The number of rotatable bonds is 4. The Morgan fingerprint density at radius 2 is 0.892 bits per heavy atom. The fourth-order valence-electron chi connectivity index (χ4n) is 7.38. The van der Waals surface area contributed by atoms with Crippen molar-refractivity contribution in [2.45, 2.75) is 56.8 Å².